The van der Waals surface area contributed by atoms with Crippen LogP contribution in [-0.4, -0.2) is 5.24 Å². The predicted octanol–water partition coefficient (Wildman–Crippen LogP) is 2.01. The van der Waals surface area contributed by atoms with Crippen LogP contribution in [0.1, 0.15) is 23.6 Å². The molecule has 14 heavy (non-hydrogen) atoms. The van der Waals surface area contributed by atoms with Crippen LogP contribution in [0.4, 0.5) is 0 Å². The van der Waals surface area contributed by atoms with Crippen molar-refractivity contribution in [1.29, 1.82) is 0 Å². The zero-order valence-electron chi connectivity index (χ0n) is 7.74. The van der Waals surface area contributed by atoms with Crippen LogP contribution < -0.4 is 5.73 Å². The van der Waals surface area contributed by atoms with Gasteiger partial charge in [-0.15, -0.1) is 0 Å². The summed E-state index contributed by atoms with van der Waals surface area (Å²) in [6, 6.07) is 7.74. The average Bonchev–Trinajstić information content (AvgIpc) is 2.18. The maximum Gasteiger partial charge on any atom is 0.226 e. The summed E-state index contributed by atoms with van der Waals surface area (Å²) in [5.74, 6) is -0.216. The van der Waals surface area contributed by atoms with Crippen molar-refractivity contribution in [2.45, 2.75) is 18.9 Å². The molecule has 2 N–H and O–H groups in total. The van der Waals surface area contributed by atoms with Gasteiger partial charge in [-0.3, -0.25) is 4.79 Å². The highest BCUT2D eigenvalue weighted by molar-refractivity contribution is 6.64. The van der Waals surface area contributed by atoms with Gasteiger partial charge in [0, 0.05) is 6.04 Å². The lowest BCUT2D eigenvalue weighted by molar-refractivity contribution is -0.116. The van der Waals surface area contributed by atoms with Gasteiger partial charge in [0.2, 0.25) is 5.24 Å². The zero-order chi connectivity index (χ0) is 10.1. The van der Waals surface area contributed by atoms with Crippen molar-refractivity contribution in [2.75, 3.05) is 0 Å². The number of benzene rings is 1. The van der Waals surface area contributed by atoms with Gasteiger partial charge in [-0.05, 0) is 35.6 Å². The summed E-state index contributed by atoms with van der Waals surface area (Å²) < 4.78 is 0. The molecule has 0 aliphatic heterocycles. The summed E-state index contributed by atoms with van der Waals surface area (Å²) in [4.78, 5) is 11.1. The molecule has 2 rings (SSSR count). The molecule has 0 amide bonds. The number of hydrogen-bond donors (Lipinski definition) is 1. The second kappa shape index (κ2) is 3.71. The molecule has 74 valence electrons. The van der Waals surface area contributed by atoms with Crippen LogP contribution in [0.2, 0.25) is 0 Å². The first-order chi connectivity index (χ1) is 6.70. The first-order valence-electron chi connectivity index (χ1n) is 4.73. The summed E-state index contributed by atoms with van der Waals surface area (Å²) in [5.41, 5.74) is 8.30. The number of carbonyl (C=O) groups is 1. The minimum atomic E-state index is -0.313. The van der Waals surface area contributed by atoms with Crippen LogP contribution in [0.3, 0.4) is 0 Å². The van der Waals surface area contributed by atoms with Crippen LogP contribution in [0, 0.1) is 5.92 Å². The molecule has 1 aliphatic carbocycles. The van der Waals surface area contributed by atoms with E-state index in [0.717, 1.165) is 18.4 Å². The maximum atomic E-state index is 11.1. The molecule has 0 bridgehead atoms. The summed E-state index contributed by atoms with van der Waals surface area (Å²) in [5, 5.41) is -0.313. The standard InChI is InChI=1S/C11H12ClNO/c12-11(14)9-6-5-7-3-1-2-4-8(7)10(9)13/h1-4,9-10H,5-6,13H2/t9-,10+/m1/s1. The van der Waals surface area contributed by atoms with Crippen LogP contribution >= 0.6 is 11.6 Å². The van der Waals surface area contributed by atoms with Crippen LogP contribution in [0.15, 0.2) is 24.3 Å². The Balaban J connectivity index is 2.36. The normalized spacial score (nSPS) is 25.6. The van der Waals surface area contributed by atoms with Crippen molar-refractivity contribution in [3.63, 3.8) is 0 Å². The second-order valence-corrected chi connectivity index (χ2v) is 4.05. The third-order valence-electron chi connectivity index (χ3n) is 2.86. The minimum absolute atomic E-state index is 0.216. The molecule has 2 nitrogen and oxygen atoms in total. The van der Waals surface area contributed by atoms with Crippen molar-refractivity contribution in [3.05, 3.63) is 35.4 Å². The number of fused-ring (bicyclic) bond motifs is 1. The molecular formula is C11H12ClNO. The third-order valence-corrected chi connectivity index (χ3v) is 3.14. The number of halogens is 1. The number of nitrogens with two attached hydrogens (primary N) is 1. The summed E-state index contributed by atoms with van der Waals surface area (Å²) in [6.07, 6.45) is 1.66. The molecule has 3 heteroatoms. The van der Waals surface area contributed by atoms with Gasteiger partial charge in [0.15, 0.2) is 0 Å². The minimum Gasteiger partial charge on any atom is -0.323 e. The molecule has 0 fully saturated rings. The topological polar surface area (TPSA) is 43.1 Å². The predicted molar refractivity (Wildman–Crippen MR) is 56.0 cm³/mol. The fourth-order valence-electron chi connectivity index (χ4n) is 2.05. The van der Waals surface area contributed by atoms with Gasteiger partial charge < -0.3 is 5.73 Å². The number of hydrogen-bond acceptors (Lipinski definition) is 2. The van der Waals surface area contributed by atoms with E-state index in [0.29, 0.717) is 0 Å². The van der Waals surface area contributed by atoms with Crippen molar-refractivity contribution in [2.24, 2.45) is 11.7 Å². The highest BCUT2D eigenvalue weighted by Crippen LogP contribution is 2.33. The van der Waals surface area contributed by atoms with E-state index < -0.39 is 0 Å². The summed E-state index contributed by atoms with van der Waals surface area (Å²) in [7, 11) is 0. The third kappa shape index (κ3) is 1.56. The van der Waals surface area contributed by atoms with Gasteiger partial charge in [0.25, 0.3) is 0 Å². The van der Waals surface area contributed by atoms with Crippen LogP contribution in [0.5, 0.6) is 0 Å². The van der Waals surface area contributed by atoms with Gasteiger partial charge in [-0.1, -0.05) is 24.3 Å². The van der Waals surface area contributed by atoms with Gasteiger partial charge in [0.1, 0.15) is 0 Å². The molecule has 1 aromatic rings. The van der Waals surface area contributed by atoms with E-state index >= 15 is 0 Å². The number of carbonyl (C=O) groups excluding carboxylic acids is 1. The Kier molecular flexibility index (Phi) is 2.57. The fourth-order valence-corrected chi connectivity index (χ4v) is 2.29. The van der Waals surface area contributed by atoms with Crippen molar-refractivity contribution >= 4 is 16.8 Å². The van der Waals surface area contributed by atoms with Crippen molar-refractivity contribution in [3.8, 4) is 0 Å². The van der Waals surface area contributed by atoms with E-state index in [1.165, 1.54) is 5.56 Å². The second-order valence-electron chi connectivity index (χ2n) is 3.67. The van der Waals surface area contributed by atoms with Gasteiger partial charge in [-0.25, -0.2) is 0 Å². The fraction of sp³-hybridized carbons (Fsp3) is 0.364. The smallest absolute Gasteiger partial charge is 0.226 e. The molecular weight excluding hydrogens is 198 g/mol. The Bertz CT molecular complexity index is 364. The number of rotatable bonds is 1. The highest BCUT2D eigenvalue weighted by atomic mass is 35.5. The maximum absolute atomic E-state index is 11.1. The molecule has 0 saturated heterocycles. The Labute approximate surface area is 88.1 Å². The lowest BCUT2D eigenvalue weighted by Gasteiger charge is -2.28. The molecule has 1 aromatic carbocycles. The molecule has 0 aromatic heterocycles. The van der Waals surface area contributed by atoms with E-state index in [4.69, 9.17) is 17.3 Å². The number of aryl methyl sites for hydroxylation is 1. The molecule has 0 saturated carbocycles. The monoisotopic (exact) mass is 209 g/mol. The lowest BCUT2D eigenvalue weighted by Crippen LogP contribution is -2.30. The Morgan fingerprint density at radius 1 is 1.43 bits per heavy atom. The van der Waals surface area contributed by atoms with E-state index in [1.807, 2.05) is 18.2 Å². The highest BCUT2D eigenvalue weighted by Gasteiger charge is 2.30. The Morgan fingerprint density at radius 2 is 2.14 bits per heavy atom. The van der Waals surface area contributed by atoms with Gasteiger partial charge in [0.05, 0.1) is 5.92 Å². The largest absolute Gasteiger partial charge is 0.323 e. The molecule has 1 aliphatic rings. The molecule has 0 heterocycles. The zero-order valence-corrected chi connectivity index (χ0v) is 8.50. The van der Waals surface area contributed by atoms with E-state index in [9.17, 15) is 4.79 Å². The van der Waals surface area contributed by atoms with E-state index in [1.54, 1.807) is 0 Å². The average molecular weight is 210 g/mol. The van der Waals surface area contributed by atoms with Gasteiger partial charge in [-0.2, -0.15) is 0 Å². The van der Waals surface area contributed by atoms with Crippen molar-refractivity contribution < 1.29 is 4.79 Å². The van der Waals surface area contributed by atoms with Crippen LogP contribution in [0.25, 0.3) is 0 Å². The van der Waals surface area contributed by atoms with Gasteiger partial charge >= 0.3 is 0 Å². The summed E-state index contributed by atoms with van der Waals surface area (Å²) in [6.45, 7) is 0. The Hall–Kier alpha value is -0.860. The van der Waals surface area contributed by atoms with E-state index in [-0.39, 0.29) is 17.2 Å². The molecule has 0 radical (unpaired) electrons. The quantitative estimate of drug-likeness (QED) is 0.720. The molecule has 0 spiro atoms. The molecule has 0 unspecified atom stereocenters. The molecule has 2 atom stereocenters. The lowest BCUT2D eigenvalue weighted by atomic mass is 9.81. The Morgan fingerprint density at radius 3 is 2.86 bits per heavy atom. The van der Waals surface area contributed by atoms with Crippen LogP contribution in [-0.2, 0) is 11.2 Å². The SMILES string of the molecule is N[C@H]1c2ccccc2CC[C@H]1C(=O)Cl. The first-order valence-corrected chi connectivity index (χ1v) is 5.10. The summed E-state index contributed by atoms with van der Waals surface area (Å²) >= 11 is 5.50. The first kappa shape index (κ1) is 9.69. The van der Waals surface area contributed by atoms with Crippen molar-refractivity contribution in [1.82, 2.24) is 0 Å². The van der Waals surface area contributed by atoms with E-state index in [2.05, 4.69) is 6.07 Å².